The second kappa shape index (κ2) is 4.25. The van der Waals surface area contributed by atoms with Crippen molar-refractivity contribution in [2.24, 2.45) is 0 Å². The molecule has 0 bridgehead atoms. The zero-order chi connectivity index (χ0) is 11.8. The summed E-state index contributed by atoms with van der Waals surface area (Å²) in [6, 6.07) is -0.364. The number of hydrogen-bond donors (Lipinski definition) is 2. The summed E-state index contributed by atoms with van der Waals surface area (Å²) in [6.07, 6.45) is 1.35. The van der Waals surface area contributed by atoms with Crippen molar-refractivity contribution in [3.05, 3.63) is 0 Å². The Kier molecular flexibility index (Phi) is 3.12. The van der Waals surface area contributed by atoms with E-state index in [1.54, 1.807) is 16.7 Å². The van der Waals surface area contributed by atoms with Gasteiger partial charge in [-0.25, -0.2) is 0 Å². The second-order valence-corrected chi connectivity index (χ2v) is 5.78. The molecule has 2 aliphatic rings. The Labute approximate surface area is 98.6 Å². The van der Waals surface area contributed by atoms with E-state index in [2.05, 4.69) is 5.32 Å². The fourth-order valence-corrected chi connectivity index (χ4v) is 3.74. The predicted octanol–water partition coefficient (Wildman–Crippen LogP) is -0.451. The molecule has 0 radical (unpaired) electrons. The van der Waals surface area contributed by atoms with Gasteiger partial charge in [-0.15, -0.1) is 11.8 Å². The third-order valence-corrected chi connectivity index (χ3v) is 4.66. The van der Waals surface area contributed by atoms with Gasteiger partial charge in [0.2, 0.25) is 11.8 Å². The lowest BCUT2D eigenvalue weighted by Crippen LogP contribution is -2.50. The molecule has 0 aliphatic carbocycles. The van der Waals surface area contributed by atoms with E-state index in [1.165, 1.54) is 0 Å². The van der Waals surface area contributed by atoms with Crippen LogP contribution < -0.4 is 5.32 Å². The largest absolute Gasteiger partial charge is 0.395 e. The third-order valence-electron chi connectivity index (χ3n) is 3.16. The molecule has 0 aromatic heterocycles. The number of carbonyl (C=O) groups is 2. The van der Waals surface area contributed by atoms with Crippen molar-refractivity contribution < 1.29 is 14.7 Å². The number of thioether (sulfide) groups is 1. The van der Waals surface area contributed by atoms with Crippen LogP contribution in [0.3, 0.4) is 0 Å². The summed E-state index contributed by atoms with van der Waals surface area (Å²) < 4.78 is 0. The van der Waals surface area contributed by atoms with Crippen molar-refractivity contribution in [3.63, 3.8) is 0 Å². The number of aliphatic hydroxyl groups excluding tert-OH is 1. The summed E-state index contributed by atoms with van der Waals surface area (Å²) in [5.74, 6) is 0.566. The number of nitrogens with one attached hydrogen (secondary N) is 1. The molecule has 90 valence electrons. The molecule has 2 saturated heterocycles. The molecule has 2 atom stereocenters. The van der Waals surface area contributed by atoms with Gasteiger partial charge in [0.15, 0.2) is 0 Å². The Morgan fingerprint density at radius 2 is 2.50 bits per heavy atom. The highest BCUT2D eigenvalue weighted by atomic mass is 32.2. The Hall–Kier alpha value is -0.750. The molecule has 2 unspecified atom stereocenters. The van der Waals surface area contributed by atoms with Gasteiger partial charge in [-0.05, 0) is 13.3 Å². The molecule has 0 aromatic rings. The van der Waals surface area contributed by atoms with Crippen molar-refractivity contribution in [2.45, 2.75) is 30.7 Å². The molecule has 2 aliphatic heterocycles. The van der Waals surface area contributed by atoms with Crippen LogP contribution in [0, 0.1) is 0 Å². The van der Waals surface area contributed by atoms with E-state index in [-0.39, 0.29) is 35.9 Å². The quantitative estimate of drug-likeness (QED) is 0.705. The number of rotatable bonds is 3. The Bertz CT molecular complexity index is 323. The molecule has 5 nitrogen and oxygen atoms in total. The molecule has 2 heterocycles. The number of nitrogens with zero attached hydrogens (tertiary/aromatic N) is 1. The normalized spacial score (nSPS) is 33.0. The lowest BCUT2D eigenvalue weighted by atomic mass is 10.2. The standard InChI is InChI=1S/C10H16N2O3S/c1-10-3-2-8(14)12(10)7(6-16-10)9(15)11-4-5-13/h7,13H,2-6H2,1H3,(H,11,15). The molecule has 16 heavy (non-hydrogen) atoms. The van der Waals surface area contributed by atoms with Gasteiger partial charge in [-0.2, -0.15) is 0 Å². The van der Waals surface area contributed by atoms with Gasteiger partial charge in [0, 0.05) is 18.7 Å². The van der Waals surface area contributed by atoms with Gasteiger partial charge in [-0.1, -0.05) is 0 Å². The SMILES string of the molecule is CC12CCC(=O)N1C(C(=O)NCCO)CS2. The second-order valence-electron chi connectivity index (χ2n) is 4.28. The summed E-state index contributed by atoms with van der Waals surface area (Å²) in [5, 5.41) is 11.3. The van der Waals surface area contributed by atoms with Crippen LogP contribution in [0.15, 0.2) is 0 Å². The first-order chi connectivity index (χ1) is 7.58. The van der Waals surface area contributed by atoms with Crippen LogP contribution in [0.5, 0.6) is 0 Å². The zero-order valence-corrected chi connectivity index (χ0v) is 10.0. The molecular weight excluding hydrogens is 228 g/mol. The van der Waals surface area contributed by atoms with Crippen molar-refractivity contribution in [3.8, 4) is 0 Å². The van der Waals surface area contributed by atoms with Crippen LogP contribution in [-0.4, -0.2) is 51.6 Å². The molecule has 6 heteroatoms. The molecule has 2 rings (SSSR count). The maximum Gasteiger partial charge on any atom is 0.243 e. The van der Waals surface area contributed by atoms with Crippen LogP contribution in [0.2, 0.25) is 0 Å². The summed E-state index contributed by atoms with van der Waals surface area (Å²) in [6.45, 7) is 2.19. The first-order valence-corrected chi connectivity index (χ1v) is 6.42. The Morgan fingerprint density at radius 1 is 1.75 bits per heavy atom. The molecule has 2 amide bonds. The Morgan fingerprint density at radius 3 is 3.19 bits per heavy atom. The smallest absolute Gasteiger partial charge is 0.243 e. The number of hydrogen-bond acceptors (Lipinski definition) is 4. The topological polar surface area (TPSA) is 69.6 Å². The molecule has 0 spiro atoms. The average molecular weight is 244 g/mol. The van der Waals surface area contributed by atoms with Gasteiger partial charge in [0.25, 0.3) is 0 Å². The minimum absolute atomic E-state index is 0.0663. The van der Waals surface area contributed by atoms with Crippen LogP contribution >= 0.6 is 11.8 Å². The van der Waals surface area contributed by atoms with E-state index in [1.807, 2.05) is 6.92 Å². The number of carbonyl (C=O) groups excluding carboxylic acids is 2. The highest BCUT2D eigenvalue weighted by molar-refractivity contribution is 8.01. The van der Waals surface area contributed by atoms with Gasteiger partial charge in [-0.3, -0.25) is 9.59 Å². The van der Waals surface area contributed by atoms with E-state index >= 15 is 0 Å². The predicted molar refractivity (Wildman–Crippen MR) is 60.8 cm³/mol. The lowest BCUT2D eigenvalue weighted by Gasteiger charge is -2.29. The van der Waals surface area contributed by atoms with Crippen LogP contribution in [0.4, 0.5) is 0 Å². The highest BCUT2D eigenvalue weighted by Crippen LogP contribution is 2.47. The van der Waals surface area contributed by atoms with Crippen LogP contribution in [-0.2, 0) is 9.59 Å². The van der Waals surface area contributed by atoms with Gasteiger partial charge in [0.1, 0.15) is 6.04 Å². The minimum Gasteiger partial charge on any atom is -0.395 e. The third kappa shape index (κ3) is 1.80. The summed E-state index contributed by atoms with van der Waals surface area (Å²) >= 11 is 1.67. The molecule has 0 aromatic carbocycles. The van der Waals surface area contributed by atoms with E-state index in [9.17, 15) is 9.59 Å². The fourth-order valence-electron chi connectivity index (χ4n) is 2.31. The maximum absolute atomic E-state index is 11.8. The van der Waals surface area contributed by atoms with Gasteiger partial charge in [0.05, 0.1) is 11.5 Å². The molecule has 2 N–H and O–H groups in total. The average Bonchev–Trinajstić information content (AvgIpc) is 2.73. The molecular formula is C10H16N2O3S. The van der Waals surface area contributed by atoms with Crippen molar-refractivity contribution in [1.82, 2.24) is 10.2 Å². The first-order valence-electron chi connectivity index (χ1n) is 5.43. The van der Waals surface area contributed by atoms with E-state index in [4.69, 9.17) is 5.11 Å². The molecule has 0 saturated carbocycles. The monoisotopic (exact) mass is 244 g/mol. The fraction of sp³-hybridized carbons (Fsp3) is 0.800. The number of aliphatic hydroxyl groups is 1. The van der Waals surface area contributed by atoms with Crippen LogP contribution in [0.25, 0.3) is 0 Å². The maximum atomic E-state index is 11.8. The minimum atomic E-state index is -0.364. The number of amides is 2. The van der Waals surface area contributed by atoms with Crippen molar-refractivity contribution in [1.29, 1.82) is 0 Å². The lowest BCUT2D eigenvalue weighted by molar-refractivity contribution is -0.138. The summed E-state index contributed by atoms with van der Waals surface area (Å²) in [7, 11) is 0. The van der Waals surface area contributed by atoms with Crippen molar-refractivity contribution >= 4 is 23.6 Å². The first kappa shape index (κ1) is 11.7. The van der Waals surface area contributed by atoms with Crippen LogP contribution in [0.1, 0.15) is 19.8 Å². The number of fused-ring (bicyclic) bond motifs is 1. The summed E-state index contributed by atoms with van der Waals surface area (Å²) in [5.41, 5.74) is 0. The van der Waals surface area contributed by atoms with Gasteiger partial charge < -0.3 is 15.3 Å². The van der Waals surface area contributed by atoms with E-state index in [0.717, 1.165) is 6.42 Å². The van der Waals surface area contributed by atoms with Gasteiger partial charge >= 0.3 is 0 Å². The molecule has 2 fully saturated rings. The van der Waals surface area contributed by atoms with E-state index < -0.39 is 0 Å². The zero-order valence-electron chi connectivity index (χ0n) is 9.23. The summed E-state index contributed by atoms with van der Waals surface area (Å²) in [4.78, 5) is 25.1. The van der Waals surface area contributed by atoms with Crippen molar-refractivity contribution in [2.75, 3.05) is 18.9 Å². The Balaban J connectivity index is 2.07. The highest BCUT2D eigenvalue weighted by Gasteiger charge is 2.52. The van der Waals surface area contributed by atoms with E-state index in [0.29, 0.717) is 12.2 Å².